The number of aliphatic hydroxyl groups excluding tert-OH is 1. The number of benzene rings is 1. The Labute approximate surface area is 300 Å². The van der Waals surface area contributed by atoms with Crippen LogP contribution >= 0.6 is 0 Å². The number of guanidine groups is 3. The number of aliphatic hydroxyl groups is 1. The first kappa shape index (κ1) is 44.1. The van der Waals surface area contributed by atoms with Gasteiger partial charge < -0.3 is 76.7 Å². The molecule has 0 aromatic heterocycles. The SMILES string of the molecule is NC(N)=NCCCC(N)C(=O)NC(CCCN=C(N)N)C(=O)NC(CCCN=C(N)N)C(=O)NC(Cc1ccc(O)cc1)C(=O)NC(CO)C(=O)O. The Morgan fingerprint density at radius 2 is 0.981 bits per heavy atom. The highest BCUT2D eigenvalue weighted by Crippen LogP contribution is 2.12. The molecule has 0 aliphatic rings. The third-order valence-electron chi connectivity index (χ3n) is 7.27. The van der Waals surface area contributed by atoms with Crippen LogP contribution in [-0.2, 0) is 30.4 Å². The molecule has 5 atom stereocenters. The molecular weight excluding hydrogens is 684 g/mol. The highest BCUT2D eigenvalue weighted by molar-refractivity contribution is 5.95. The van der Waals surface area contributed by atoms with Crippen molar-refractivity contribution in [2.75, 3.05) is 26.2 Å². The Morgan fingerprint density at radius 3 is 1.40 bits per heavy atom. The number of hydrogen-bond donors (Lipinski definition) is 14. The molecule has 0 heterocycles. The van der Waals surface area contributed by atoms with E-state index in [-0.39, 0.29) is 81.8 Å². The summed E-state index contributed by atoms with van der Waals surface area (Å²) in [5.74, 6) is -5.32. The molecule has 0 aliphatic heterocycles. The number of nitrogens with zero attached hydrogens (tertiary/aromatic N) is 3. The Balaban J connectivity index is 3.33. The number of carbonyl (C=O) groups excluding carboxylic acids is 4. The first-order valence-corrected chi connectivity index (χ1v) is 16.3. The maximum Gasteiger partial charge on any atom is 0.328 e. The zero-order chi connectivity index (χ0) is 39.2. The van der Waals surface area contributed by atoms with Crippen LogP contribution < -0.4 is 61.4 Å². The van der Waals surface area contributed by atoms with Gasteiger partial charge in [-0.25, -0.2) is 4.79 Å². The van der Waals surface area contributed by atoms with E-state index in [1.54, 1.807) is 0 Å². The van der Waals surface area contributed by atoms with Crippen LogP contribution in [0.25, 0.3) is 0 Å². The lowest BCUT2D eigenvalue weighted by Crippen LogP contribution is -2.59. The fourth-order valence-corrected chi connectivity index (χ4v) is 4.55. The highest BCUT2D eigenvalue weighted by atomic mass is 16.4. The number of amides is 4. The summed E-state index contributed by atoms with van der Waals surface area (Å²) in [7, 11) is 0. The summed E-state index contributed by atoms with van der Waals surface area (Å²) >= 11 is 0. The number of aliphatic carboxylic acids is 1. The van der Waals surface area contributed by atoms with E-state index >= 15 is 0 Å². The molecule has 5 unspecified atom stereocenters. The summed E-state index contributed by atoms with van der Waals surface area (Å²) < 4.78 is 0. The molecule has 22 heteroatoms. The van der Waals surface area contributed by atoms with Crippen LogP contribution in [0.4, 0.5) is 0 Å². The van der Waals surface area contributed by atoms with E-state index in [0.717, 1.165) is 0 Å². The average Bonchev–Trinajstić information content (AvgIpc) is 3.07. The van der Waals surface area contributed by atoms with E-state index in [4.69, 9.17) is 40.1 Å². The first-order valence-electron chi connectivity index (χ1n) is 16.3. The van der Waals surface area contributed by atoms with Crippen molar-refractivity contribution in [3.05, 3.63) is 29.8 Å². The van der Waals surface area contributed by atoms with Gasteiger partial charge in [0.15, 0.2) is 17.9 Å². The molecule has 290 valence electrons. The second-order valence-corrected chi connectivity index (χ2v) is 11.6. The number of nitrogens with two attached hydrogens (primary N) is 7. The number of aliphatic imine (C=N–C) groups is 3. The van der Waals surface area contributed by atoms with Gasteiger partial charge in [-0.3, -0.25) is 34.2 Å². The molecule has 0 aliphatic carbocycles. The second-order valence-electron chi connectivity index (χ2n) is 11.6. The number of nitrogens with one attached hydrogen (secondary N) is 4. The van der Waals surface area contributed by atoms with Crippen LogP contribution in [0, 0.1) is 0 Å². The van der Waals surface area contributed by atoms with Crippen molar-refractivity contribution in [3.8, 4) is 5.75 Å². The van der Waals surface area contributed by atoms with Gasteiger partial charge in [0, 0.05) is 26.1 Å². The van der Waals surface area contributed by atoms with E-state index in [1.165, 1.54) is 24.3 Å². The minimum Gasteiger partial charge on any atom is -0.508 e. The van der Waals surface area contributed by atoms with Gasteiger partial charge in [-0.15, -0.1) is 0 Å². The van der Waals surface area contributed by atoms with Crippen LogP contribution in [-0.4, -0.2) is 119 Å². The first-order chi connectivity index (χ1) is 24.5. The Hall–Kier alpha value is -5.90. The summed E-state index contributed by atoms with van der Waals surface area (Å²) in [5.41, 5.74) is 38.8. The highest BCUT2D eigenvalue weighted by Gasteiger charge is 2.31. The van der Waals surface area contributed by atoms with Gasteiger partial charge in [0.1, 0.15) is 29.9 Å². The van der Waals surface area contributed by atoms with Crippen LogP contribution in [0.15, 0.2) is 39.2 Å². The molecular formula is C30H52N14O8. The third kappa shape index (κ3) is 18.2. The molecule has 0 saturated heterocycles. The standard InChI is InChI=1S/C30H52N14O8/c31-18(4-1-11-38-28(32)33)23(47)41-19(5-2-12-39-29(34)35)24(48)42-20(6-3-13-40-30(36)37)25(49)43-21(14-16-7-9-17(46)10-8-16)26(50)44-22(15-45)27(51)52/h7-10,18-22,45-46H,1-6,11-15,31H2,(H,41,47)(H,42,48)(H,43,49)(H,44,50)(H,51,52)(H4,32,33,38)(H4,34,35,39)(H4,36,37,40). The maximum absolute atomic E-state index is 13.8. The van der Waals surface area contributed by atoms with Crippen LogP contribution in [0.3, 0.4) is 0 Å². The lowest BCUT2D eigenvalue weighted by atomic mass is 10.0. The molecule has 1 rings (SSSR count). The summed E-state index contributed by atoms with van der Waals surface area (Å²) in [6, 6.07) is -0.984. The molecule has 52 heavy (non-hydrogen) atoms. The third-order valence-corrected chi connectivity index (χ3v) is 7.27. The second kappa shape index (κ2) is 23.5. The normalized spacial score (nSPS) is 13.5. The number of phenolic OH excluding ortho intramolecular Hbond substituents is 1. The fourth-order valence-electron chi connectivity index (χ4n) is 4.55. The molecule has 4 amide bonds. The molecule has 22 nitrogen and oxygen atoms in total. The van der Waals surface area contributed by atoms with Crippen molar-refractivity contribution in [2.45, 2.75) is 75.2 Å². The molecule has 0 spiro atoms. The van der Waals surface area contributed by atoms with Gasteiger partial charge in [-0.1, -0.05) is 12.1 Å². The Morgan fingerprint density at radius 1 is 0.596 bits per heavy atom. The van der Waals surface area contributed by atoms with Gasteiger partial charge in [0.25, 0.3) is 0 Å². The summed E-state index contributed by atoms with van der Waals surface area (Å²) in [5, 5.41) is 38.4. The molecule has 0 radical (unpaired) electrons. The Kier molecular flexibility index (Phi) is 19.9. The van der Waals surface area contributed by atoms with Gasteiger partial charge in [-0.05, 0) is 56.2 Å². The van der Waals surface area contributed by atoms with Crippen molar-refractivity contribution >= 4 is 47.5 Å². The fraction of sp³-hybridized carbons (Fsp3) is 0.533. The van der Waals surface area contributed by atoms with Gasteiger partial charge in [0.2, 0.25) is 23.6 Å². The zero-order valence-corrected chi connectivity index (χ0v) is 28.7. The van der Waals surface area contributed by atoms with Crippen molar-refractivity contribution < 1.29 is 39.3 Å². The Bertz CT molecular complexity index is 1410. The van der Waals surface area contributed by atoms with Crippen molar-refractivity contribution in [3.63, 3.8) is 0 Å². The van der Waals surface area contributed by atoms with Gasteiger partial charge in [-0.2, -0.15) is 0 Å². The molecule has 0 fully saturated rings. The van der Waals surface area contributed by atoms with Crippen LogP contribution in [0.2, 0.25) is 0 Å². The number of aromatic hydroxyl groups is 1. The molecule has 0 bridgehead atoms. The van der Waals surface area contributed by atoms with Gasteiger partial charge in [0.05, 0.1) is 12.6 Å². The minimum atomic E-state index is -1.68. The summed E-state index contributed by atoms with van der Waals surface area (Å²) in [6.07, 6.45) is 0.784. The van der Waals surface area contributed by atoms with E-state index in [2.05, 4.69) is 36.2 Å². The van der Waals surface area contributed by atoms with E-state index in [1.807, 2.05) is 0 Å². The molecule has 21 N–H and O–H groups in total. The molecule has 0 saturated carbocycles. The number of phenols is 1. The number of carbonyl (C=O) groups is 5. The van der Waals surface area contributed by atoms with Crippen molar-refractivity contribution in [1.82, 2.24) is 21.3 Å². The predicted molar refractivity (Wildman–Crippen MR) is 192 cm³/mol. The van der Waals surface area contributed by atoms with E-state index < -0.39 is 66.4 Å². The van der Waals surface area contributed by atoms with Crippen molar-refractivity contribution in [1.29, 1.82) is 0 Å². The lowest BCUT2D eigenvalue weighted by Gasteiger charge is -2.26. The number of carboxylic acid groups (broad SMARTS) is 1. The monoisotopic (exact) mass is 736 g/mol. The van der Waals surface area contributed by atoms with Crippen LogP contribution in [0.1, 0.15) is 44.1 Å². The largest absolute Gasteiger partial charge is 0.508 e. The maximum atomic E-state index is 13.8. The average molecular weight is 737 g/mol. The van der Waals surface area contributed by atoms with E-state index in [0.29, 0.717) is 12.0 Å². The van der Waals surface area contributed by atoms with Gasteiger partial charge >= 0.3 is 5.97 Å². The lowest BCUT2D eigenvalue weighted by molar-refractivity contribution is -0.143. The van der Waals surface area contributed by atoms with Crippen molar-refractivity contribution in [2.24, 2.45) is 55.1 Å². The molecule has 1 aromatic carbocycles. The minimum absolute atomic E-state index is 0.0288. The summed E-state index contributed by atoms with van der Waals surface area (Å²) in [4.78, 5) is 76.8. The summed E-state index contributed by atoms with van der Waals surface area (Å²) in [6.45, 7) is -0.510. The smallest absolute Gasteiger partial charge is 0.328 e. The molecule has 1 aromatic rings. The van der Waals surface area contributed by atoms with E-state index in [9.17, 15) is 39.3 Å². The number of rotatable bonds is 24. The predicted octanol–water partition coefficient (Wildman–Crippen LogP) is -5.56. The quantitative estimate of drug-likeness (QED) is 0.0267. The number of hydrogen-bond acceptors (Lipinski definition) is 11. The van der Waals surface area contributed by atoms with Crippen LogP contribution in [0.5, 0.6) is 5.75 Å². The zero-order valence-electron chi connectivity index (χ0n) is 28.7. The number of carboxylic acids is 1. The topological polar surface area (TPSA) is 413 Å².